The molecule has 0 spiro atoms. The molecule has 3 rings (SSSR count). The predicted octanol–water partition coefficient (Wildman–Crippen LogP) is 2.05. The lowest BCUT2D eigenvalue weighted by Crippen LogP contribution is -2.18. The number of aromatic nitrogens is 2. The van der Waals surface area contributed by atoms with Crippen molar-refractivity contribution in [1.29, 1.82) is 0 Å². The fraction of sp³-hybridized carbons (Fsp3) is 0.267. The van der Waals surface area contributed by atoms with E-state index in [0.717, 1.165) is 28.9 Å². The summed E-state index contributed by atoms with van der Waals surface area (Å²) >= 11 is 0. The van der Waals surface area contributed by atoms with Crippen LogP contribution in [-0.4, -0.2) is 15.9 Å². The van der Waals surface area contributed by atoms with Gasteiger partial charge in [-0.25, -0.2) is 9.97 Å². The SMILES string of the molecule is CC(N)c1nccc(-c2ccc3c(c2)CCC(=O)N3)n1. The summed E-state index contributed by atoms with van der Waals surface area (Å²) in [7, 11) is 0. The van der Waals surface area contributed by atoms with E-state index >= 15 is 0 Å². The molecule has 1 unspecified atom stereocenters. The molecule has 0 saturated carbocycles. The molecule has 1 amide bonds. The third-order valence-electron chi connectivity index (χ3n) is 3.38. The highest BCUT2D eigenvalue weighted by atomic mass is 16.1. The minimum absolute atomic E-state index is 0.0755. The van der Waals surface area contributed by atoms with Crippen LogP contribution >= 0.6 is 0 Å². The summed E-state index contributed by atoms with van der Waals surface area (Å²) in [4.78, 5) is 20.0. The van der Waals surface area contributed by atoms with E-state index in [1.807, 2.05) is 25.1 Å². The first-order valence-electron chi connectivity index (χ1n) is 6.65. The van der Waals surface area contributed by atoms with Gasteiger partial charge in [-0.15, -0.1) is 0 Å². The van der Waals surface area contributed by atoms with E-state index in [4.69, 9.17) is 5.73 Å². The van der Waals surface area contributed by atoms with Crippen molar-refractivity contribution in [2.75, 3.05) is 5.32 Å². The van der Waals surface area contributed by atoms with Crippen molar-refractivity contribution in [3.05, 3.63) is 41.9 Å². The standard InChI is InChI=1S/C15H16N4O/c1-9(16)15-17-7-6-13(19-15)10-2-4-12-11(8-10)3-5-14(20)18-12/h2,4,6-9H,3,5,16H2,1H3,(H,18,20). The van der Waals surface area contributed by atoms with Crippen LogP contribution in [0, 0.1) is 0 Å². The second-order valence-corrected chi connectivity index (χ2v) is 5.01. The summed E-state index contributed by atoms with van der Waals surface area (Å²) in [6, 6.07) is 7.64. The maximum atomic E-state index is 11.4. The Morgan fingerprint density at radius 3 is 2.95 bits per heavy atom. The lowest BCUT2D eigenvalue weighted by molar-refractivity contribution is -0.116. The Morgan fingerprint density at radius 2 is 2.15 bits per heavy atom. The van der Waals surface area contributed by atoms with Crippen LogP contribution in [0.3, 0.4) is 0 Å². The molecule has 0 saturated heterocycles. The zero-order valence-electron chi connectivity index (χ0n) is 11.3. The number of hydrogen-bond donors (Lipinski definition) is 2. The maximum Gasteiger partial charge on any atom is 0.224 e. The lowest BCUT2D eigenvalue weighted by atomic mass is 9.99. The molecule has 2 aromatic rings. The van der Waals surface area contributed by atoms with Gasteiger partial charge in [0.05, 0.1) is 11.7 Å². The third-order valence-corrected chi connectivity index (χ3v) is 3.38. The third kappa shape index (κ3) is 2.40. The Kier molecular flexibility index (Phi) is 3.20. The van der Waals surface area contributed by atoms with Crippen molar-refractivity contribution in [3.63, 3.8) is 0 Å². The number of rotatable bonds is 2. The van der Waals surface area contributed by atoms with E-state index < -0.39 is 0 Å². The van der Waals surface area contributed by atoms with Crippen molar-refractivity contribution in [2.45, 2.75) is 25.8 Å². The number of nitrogens with one attached hydrogen (secondary N) is 1. The first-order valence-corrected chi connectivity index (χ1v) is 6.65. The summed E-state index contributed by atoms with van der Waals surface area (Å²) in [5.74, 6) is 0.708. The molecule has 5 heteroatoms. The van der Waals surface area contributed by atoms with E-state index in [9.17, 15) is 4.79 Å². The van der Waals surface area contributed by atoms with Crippen LogP contribution in [0.4, 0.5) is 5.69 Å². The van der Waals surface area contributed by atoms with Crippen LogP contribution in [-0.2, 0) is 11.2 Å². The molecule has 1 aliphatic heterocycles. The molecule has 1 aliphatic rings. The van der Waals surface area contributed by atoms with Crippen LogP contribution in [0.25, 0.3) is 11.3 Å². The van der Waals surface area contributed by atoms with Gasteiger partial charge in [0.15, 0.2) is 0 Å². The van der Waals surface area contributed by atoms with Gasteiger partial charge in [0, 0.05) is 23.9 Å². The van der Waals surface area contributed by atoms with Crippen molar-refractivity contribution in [1.82, 2.24) is 9.97 Å². The number of carbonyl (C=O) groups excluding carboxylic acids is 1. The summed E-state index contributed by atoms with van der Waals surface area (Å²) < 4.78 is 0. The number of nitrogens with zero attached hydrogens (tertiary/aromatic N) is 2. The van der Waals surface area contributed by atoms with Gasteiger partial charge in [-0.1, -0.05) is 6.07 Å². The molecule has 1 aromatic carbocycles. The summed E-state index contributed by atoms with van der Waals surface area (Å²) in [6.07, 6.45) is 3.02. The van der Waals surface area contributed by atoms with Crippen LogP contribution in [0.15, 0.2) is 30.5 Å². The molecule has 20 heavy (non-hydrogen) atoms. The monoisotopic (exact) mass is 268 g/mol. The molecule has 0 aliphatic carbocycles. The molecule has 1 atom stereocenters. The smallest absolute Gasteiger partial charge is 0.224 e. The predicted molar refractivity (Wildman–Crippen MR) is 77.0 cm³/mol. The Labute approximate surface area is 117 Å². The van der Waals surface area contributed by atoms with Gasteiger partial charge in [-0.2, -0.15) is 0 Å². The van der Waals surface area contributed by atoms with Gasteiger partial charge in [0.25, 0.3) is 0 Å². The quantitative estimate of drug-likeness (QED) is 0.873. The van der Waals surface area contributed by atoms with E-state index in [0.29, 0.717) is 12.2 Å². The van der Waals surface area contributed by atoms with Crippen LogP contribution < -0.4 is 11.1 Å². The molecule has 102 valence electrons. The number of fused-ring (bicyclic) bond motifs is 1. The zero-order valence-corrected chi connectivity index (χ0v) is 11.3. The zero-order chi connectivity index (χ0) is 14.1. The van der Waals surface area contributed by atoms with Crippen molar-refractivity contribution in [2.24, 2.45) is 5.73 Å². The molecule has 0 fully saturated rings. The molecule has 2 heterocycles. The van der Waals surface area contributed by atoms with Gasteiger partial charge in [-0.3, -0.25) is 4.79 Å². The molecule has 0 bridgehead atoms. The highest BCUT2D eigenvalue weighted by molar-refractivity contribution is 5.94. The van der Waals surface area contributed by atoms with Crippen LogP contribution in [0.1, 0.15) is 30.8 Å². The fourth-order valence-corrected chi connectivity index (χ4v) is 2.30. The molecule has 1 aromatic heterocycles. The first-order chi connectivity index (χ1) is 9.63. The highest BCUT2D eigenvalue weighted by Crippen LogP contribution is 2.27. The lowest BCUT2D eigenvalue weighted by Gasteiger charge is -2.17. The molecular weight excluding hydrogens is 252 g/mol. The average Bonchev–Trinajstić information content (AvgIpc) is 2.47. The molecule has 0 radical (unpaired) electrons. The van der Waals surface area contributed by atoms with Gasteiger partial charge in [0.2, 0.25) is 5.91 Å². The minimum Gasteiger partial charge on any atom is -0.326 e. The second kappa shape index (κ2) is 5.02. The van der Waals surface area contributed by atoms with E-state index in [1.165, 1.54) is 0 Å². The Hall–Kier alpha value is -2.27. The molecule has 5 nitrogen and oxygen atoms in total. The normalized spacial score (nSPS) is 15.4. The van der Waals surface area contributed by atoms with Crippen molar-refractivity contribution >= 4 is 11.6 Å². The average molecular weight is 268 g/mol. The van der Waals surface area contributed by atoms with Gasteiger partial charge in [-0.05, 0) is 37.1 Å². The Morgan fingerprint density at radius 1 is 1.30 bits per heavy atom. The highest BCUT2D eigenvalue weighted by Gasteiger charge is 2.15. The fourth-order valence-electron chi connectivity index (χ4n) is 2.30. The van der Waals surface area contributed by atoms with Crippen LogP contribution in [0.5, 0.6) is 0 Å². The van der Waals surface area contributed by atoms with Gasteiger partial charge >= 0.3 is 0 Å². The topological polar surface area (TPSA) is 80.9 Å². The van der Waals surface area contributed by atoms with E-state index in [1.54, 1.807) is 6.20 Å². The number of anilines is 1. The number of benzene rings is 1. The molecule has 3 N–H and O–H groups in total. The summed E-state index contributed by atoms with van der Waals surface area (Å²) in [5, 5.41) is 2.88. The maximum absolute atomic E-state index is 11.4. The van der Waals surface area contributed by atoms with Crippen LogP contribution in [0.2, 0.25) is 0 Å². The van der Waals surface area contributed by atoms with Crippen molar-refractivity contribution in [3.8, 4) is 11.3 Å². The minimum atomic E-state index is -0.188. The number of carbonyl (C=O) groups is 1. The second-order valence-electron chi connectivity index (χ2n) is 5.01. The van der Waals surface area contributed by atoms with Crippen molar-refractivity contribution < 1.29 is 4.79 Å². The van der Waals surface area contributed by atoms with E-state index in [-0.39, 0.29) is 11.9 Å². The number of hydrogen-bond acceptors (Lipinski definition) is 4. The van der Waals surface area contributed by atoms with Gasteiger partial charge in [0.1, 0.15) is 5.82 Å². The number of amides is 1. The van der Waals surface area contributed by atoms with E-state index in [2.05, 4.69) is 21.4 Å². The number of aryl methyl sites for hydroxylation is 1. The Balaban J connectivity index is 1.99. The Bertz CT molecular complexity index is 667. The first kappa shape index (κ1) is 12.7. The molecular formula is C15H16N4O. The summed E-state index contributed by atoms with van der Waals surface area (Å²) in [5.41, 5.74) is 9.72. The number of nitrogens with two attached hydrogens (primary N) is 1. The largest absolute Gasteiger partial charge is 0.326 e. The summed E-state index contributed by atoms with van der Waals surface area (Å²) in [6.45, 7) is 1.86. The van der Waals surface area contributed by atoms with Gasteiger partial charge < -0.3 is 11.1 Å².